The zero-order chi connectivity index (χ0) is 15.9. The molecule has 1 aromatic carbocycles. The van der Waals surface area contributed by atoms with Crippen LogP contribution in [-0.2, 0) is 16.0 Å². The van der Waals surface area contributed by atoms with Crippen LogP contribution in [0.15, 0.2) is 30.3 Å². The number of alkyl halides is 3. The second-order valence-corrected chi connectivity index (χ2v) is 4.64. The van der Waals surface area contributed by atoms with Gasteiger partial charge in [0.25, 0.3) is 0 Å². The summed E-state index contributed by atoms with van der Waals surface area (Å²) in [4.78, 5) is 22.4. The molecule has 0 saturated carbocycles. The zero-order valence-corrected chi connectivity index (χ0v) is 11.2. The van der Waals surface area contributed by atoms with Gasteiger partial charge in [0.15, 0.2) is 0 Å². The van der Waals surface area contributed by atoms with Crippen LogP contribution in [0.1, 0.15) is 18.4 Å². The Bertz CT molecular complexity index is 474. The number of carboxylic acids is 1. The molecule has 4 nitrogen and oxygen atoms in total. The first-order chi connectivity index (χ1) is 9.78. The summed E-state index contributed by atoms with van der Waals surface area (Å²) in [5.41, 5.74) is 0.787. The Morgan fingerprint density at radius 1 is 1.19 bits per heavy atom. The molecular weight excluding hydrogens is 287 g/mol. The Kier molecular flexibility index (Phi) is 6.20. The van der Waals surface area contributed by atoms with Gasteiger partial charge in [0.1, 0.15) is 0 Å². The van der Waals surface area contributed by atoms with Gasteiger partial charge in [0.2, 0.25) is 5.91 Å². The topological polar surface area (TPSA) is 66.4 Å². The molecule has 0 aliphatic heterocycles. The summed E-state index contributed by atoms with van der Waals surface area (Å²) in [5, 5.41) is 11.3. The van der Waals surface area contributed by atoms with E-state index in [0.29, 0.717) is 0 Å². The molecule has 0 aliphatic carbocycles. The molecule has 1 rings (SSSR count). The van der Waals surface area contributed by atoms with Crippen LogP contribution in [0.3, 0.4) is 0 Å². The van der Waals surface area contributed by atoms with E-state index in [-0.39, 0.29) is 13.0 Å². The average molecular weight is 303 g/mol. The molecular formula is C14H16F3NO3. The Morgan fingerprint density at radius 2 is 1.81 bits per heavy atom. The zero-order valence-electron chi connectivity index (χ0n) is 11.2. The minimum Gasteiger partial charge on any atom is -0.481 e. The number of amides is 1. The lowest BCUT2D eigenvalue weighted by Crippen LogP contribution is -2.34. The fraction of sp³-hybridized carbons (Fsp3) is 0.429. The van der Waals surface area contributed by atoms with Crippen LogP contribution in [0.5, 0.6) is 0 Å². The van der Waals surface area contributed by atoms with E-state index in [2.05, 4.69) is 5.32 Å². The van der Waals surface area contributed by atoms with Gasteiger partial charge in [-0.3, -0.25) is 9.59 Å². The molecule has 0 spiro atoms. The molecule has 0 aromatic heterocycles. The van der Waals surface area contributed by atoms with E-state index < -0.39 is 36.8 Å². The maximum atomic E-state index is 12.0. The molecule has 0 bridgehead atoms. The molecule has 2 N–H and O–H groups in total. The largest absolute Gasteiger partial charge is 0.481 e. The Labute approximate surface area is 120 Å². The van der Waals surface area contributed by atoms with Crippen LogP contribution >= 0.6 is 0 Å². The lowest BCUT2D eigenvalue weighted by Gasteiger charge is -2.14. The second kappa shape index (κ2) is 7.66. The van der Waals surface area contributed by atoms with Crippen molar-refractivity contribution in [3.63, 3.8) is 0 Å². The molecule has 7 heteroatoms. The summed E-state index contributed by atoms with van der Waals surface area (Å²) in [6.07, 6.45) is -6.10. The highest BCUT2D eigenvalue weighted by Gasteiger charge is 2.28. The van der Waals surface area contributed by atoms with E-state index in [1.807, 2.05) is 0 Å². The number of nitrogens with one attached hydrogen (secondary N) is 1. The van der Waals surface area contributed by atoms with Gasteiger partial charge in [0, 0.05) is 13.0 Å². The normalized spacial score (nSPS) is 12.7. The highest BCUT2D eigenvalue weighted by Crippen LogP contribution is 2.21. The monoisotopic (exact) mass is 303 g/mol. The second-order valence-electron chi connectivity index (χ2n) is 4.64. The van der Waals surface area contributed by atoms with Crippen LogP contribution in [0, 0.1) is 5.92 Å². The molecule has 1 atom stereocenters. The number of carbonyl (C=O) groups is 2. The average Bonchev–Trinajstić information content (AvgIpc) is 2.41. The number of carboxylic acid groups (broad SMARTS) is 1. The van der Waals surface area contributed by atoms with Crippen molar-refractivity contribution < 1.29 is 27.9 Å². The maximum absolute atomic E-state index is 12.0. The van der Waals surface area contributed by atoms with Gasteiger partial charge in [-0.1, -0.05) is 30.3 Å². The number of hydrogen-bond donors (Lipinski definition) is 2. The Morgan fingerprint density at radius 3 is 2.33 bits per heavy atom. The van der Waals surface area contributed by atoms with Crippen LogP contribution in [0.4, 0.5) is 13.2 Å². The molecule has 0 aliphatic rings. The summed E-state index contributed by atoms with van der Waals surface area (Å²) in [6.45, 7) is -0.194. The summed E-state index contributed by atoms with van der Waals surface area (Å²) in [6, 6.07) is 8.81. The Balaban J connectivity index is 2.45. The number of hydrogen-bond acceptors (Lipinski definition) is 2. The van der Waals surface area contributed by atoms with Crippen molar-refractivity contribution in [2.75, 3.05) is 6.54 Å². The highest BCUT2D eigenvalue weighted by molar-refractivity contribution is 5.77. The lowest BCUT2D eigenvalue weighted by atomic mass is 9.99. The van der Waals surface area contributed by atoms with Gasteiger partial charge in [-0.15, -0.1) is 0 Å². The van der Waals surface area contributed by atoms with Crippen LogP contribution < -0.4 is 5.32 Å². The van der Waals surface area contributed by atoms with E-state index >= 15 is 0 Å². The standard InChI is InChI=1S/C14H16F3NO3/c15-14(16,17)7-6-12(19)18-9-11(13(20)21)8-10-4-2-1-3-5-10/h1-5,11H,6-9H2,(H,18,19)(H,20,21). The number of aliphatic carboxylic acids is 1. The van der Waals surface area contributed by atoms with E-state index in [1.54, 1.807) is 30.3 Å². The van der Waals surface area contributed by atoms with Crippen LogP contribution in [0.25, 0.3) is 0 Å². The SMILES string of the molecule is O=C(CCC(F)(F)F)NCC(Cc1ccccc1)C(=O)O. The highest BCUT2D eigenvalue weighted by atomic mass is 19.4. The molecule has 0 saturated heterocycles. The van der Waals surface area contributed by atoms with E-state index in [1.165, 1.54) is 0 Å². The number of benzene rings is 1. The minimum atomic E-state index is -4.40. The molecule has 1 amide bonds. The fourth-order valence-corrected chi connectivity index (χ4v) is 1.73. The lowest BCUT2D eigenvalue weighted by molar-refractivity contribution is -0.145. The molecule has 1 unspecified atom stereocenters. The number of rotatable bonds is 7. The summed E-state index contributed by atoms with van der Waals surface area (Å²) >= 11 is 0. The van der Waals surface area contributed by atoms with Crippen molar-refractivity contribution in [2.24, 2.45) is 5.92 Å². The van der Waals surface area contributed by atoms with Gasteiger partial charge in [-0.05, 0) is 12.0 Å². The minimum absolute atomic E-state index is 0.194. The van der Waals surface area contributed by atoms with Crippen molar-refractivity contribution in [3.05, 3.63) is 35.9 Å². The quantitative estimate of drug-likeness (QED) is 0.813. The smallest absolute Gasteiger partial charge is 0.389 e. The first kappa shape index (κ1) is 17.0. The third-order valence-electron chi connectivity index (χ3n) is 2.86. The fourth-order valence-electron chi connectivity index (χ4n) is 1.73. The summed E-state index contributed by atoms with van der Waals surface area (Å²) in [5.74, 6) is -2.77. The first-order valence-electron chi connectivity index (χ1n) is 6.38. The van der Waals surface area contributed by atoms with Gasteiger partial charge in [-0.2, -0.15) is 13.2 Å². The predicted molar refractivity (Wildman–Crippen MR) is 69.6 cm³/mol. The first-order valence-corrected chi connectivity index (χ1v) is 6.38. The summed E-state index contributed by atoms with van der Waals surface area (Å²) < 4.78 is 35.9. The molecule has 1 aromatic rings. The van der Waals surface area contributed by atoms with Gasteiger partial charge in [-0.25, -0.2) is 0 Å². The van der Waals surface area contributed by atoms with Gasteiger partial charge in [0.05, 0.1) is 12.3 Å². The van der Waals surface area contributed by atoms with Crippen molar-refractivity contribution in [1.29, 1.82) is 0 Å². The molecule has 0 fully saturated rings. The molecule has 116 valence electrons. The third-order valence-corrected chi connectivity index (χ3v) is 2.86. The van der Waals surface area contributed by atoms with E-state index in [0.717, 1.165) is 5.56 Å². The third kappa shape index (κ3) is 7.34. The van der Waals surface area contributed by atoms with E-state index in [4.69, 9.17) is 5.11 Å². The summed E-state index contributed by atoms with van der Waals surface area (Å²) in [7, 11) is 0. The number of halogens is 3. The molecule has 21 heavy (non-hydrogen) atoms. The molecule has 0 heterocycles. The van der Waals surface area contributed by atoms with Gasteiger partial charge >= 0.3 is 12.1 Å². The van der Waals surface area contributed by atoms with Crippen molar-refractivity contribution in [3.8, 4) is 0 Å². The number of carbonyl (C=O) groups excluding carboxylic acids is 1. The predicted octanol–water partition coefficient (Wildman–Crippen LogP) is 2.39. The van der Waals surface area contributed by atoms with Crippen molar-refractivity contribution in [2.45, 2.75) is 25.4 Å². The van der Waals surface area contributed by atoms with Crippen LogP contribution in [-0.4, -0.2) is 29.7 Å². The van der Waals surface area contributed by atoms with Crippen LogP contribution in [0.2, 0.25) is 0 Å². The molecule has 0 radical (unpaired) electrons. The van der Waals surface area contributed by atoms with E-state index in [9.17, 15) is 22.8 Å². The van der Waals surface area contributed by atoms with Crippen molar-refractivity contribution in [1.82, 2.24) is 5.32 Å². The Hall–Kier alpha value is -2.05. The van der Waals surface area contributed by atoms with Crippen molar-refractivity contribution >= 4 is 11.9 Å². The van der Waals surface area contributed by atoms with Gasteiger partial charge < -0.3 is 10.4 Å². The maximum Gasteiger partial charge on any atom is 0.389 e.